The van der Waals surface area contributed by atoms with Crippen LogP contribution in [0.15, 0.2) is 24.3 Å². The molecular formula is C17H22N2O2. The highest BCUT2D eigenvalue weighted by Crippen LogP contribution is 2.15. The smallest absolute Gasteiger partial charge is 0.317 e. The van der Waals surface area contributed by atoms with E-state index in [2.05, 4.69) is 17.2 Å². The fourth-order valence-corrected chi connectivity index (χ4v) is 2.45. The number of piperidine rings is 1. The van der Waals surface area contributed by atoms with Gasteiger partial charge in [-0.1, -0.05) is 24.0 Å². The maximum Gasteiger partial charge on any atom is 0.317 e. The van der Waals surface area contributed by atoms with Crippen LogP contribution in [0.4, 0.5) is 4.79 Å². The molecule has 1 heterocycles. The van der Waals surface area contributed by atoms with Crippen molar-refractivity contribution in [1.82, 2.24) is 10.2 Å². The van der Waals surface area contributed by atoms with Crippen molar-refractivity contribution in [2.75, 3.05) is 19.7 Å². The number of nitrogens with zero attached hydrogens (tertiary/aromatic N) is 1. The Hall–Kier alpha value is -1.99. The highest BCUT2D eigenvalue weighted by atomic mass is 16.2. The second-order valence-electron chi connectivity index (χ2n) is 5.30. The Kier molecular flexibility index (Phi) is 5.65. The van der Waals surface area contributed by atoms with Gasteiger partial charge in [0, 0.05) is 18.7 Å². The number of rotatable bonds is 2. The van der Waals surface area contributed by atoms with Crippen molar-refractivity contribution in [3.8, 4) is 11.8 Å². The number of aliphatic hydroxyl groups excluding tert-OH is 1. The maximum absolute atomic E-state index is 12.2. The van der Waals surface area contributed by atoms with Crippen LogP contribution in [0.5, 0.6) is 0 Å². The first-order chi connectivity index (χ1) is 10.2. The molecule has 0 aromatic heterocycles. The quantitative estimate of drug-likeness (QED) is 0.820. The zero-order valence-corrected chi connectivity index (χ0v) is 12.4. The number of nitrogens with one attached hydrogen (secondary N) is 1. The summed E-state index contributed by atoms with van der Waals surface area (Å²) in [6, 6.07) is 7.72. The van der Waals surface area contributed by atoms with Gasteiger partial charge in [-0.2, -0.15) is 0 Å². The van der Waals surface area contributed by atoms with E-state index < -0.39 is 0 Å². The van der Waals surface area contributed by atoms with Crippen molar-refractivity contribution in [2.45, 2.75) is 32.2 Å². The fourth-order valence-electron chi connectivity index (χ4n) is 2.45. The van der Waals surface area contributed by atoms with E-state index in [-0.39, 0.29) is 18.7 Å². The maximum atomic E-state index is 12.2. The first-order valence-corrected chi connectivity index (χ1v) is 7.46. The van der Waals surface area contributed by atoms with Crippen molar-refractivity contribution >= 4 is 6.03 Å². The minimum absolute atomic E-state index is 0.0198. The largest absolute Gasteiger partial charge is 0.384 e. The number of carbonyl (C=O) groups is 1. The van der Waals surface area contributed by atoms with E-state index in [1.165, 1.54) is 6.42 Å². The number of benzene rings is 1. The molecule has 4 nitrogen and oxygen atoms in total. The second-order valence-corrected chi connectivity index (χ2v) is 5.30. The summed E-state index contributed by atoms with van der Waals surface area (Å²) in [7, 11) is 0. The predicted molar refractivity (Wildman–Crippen MR) is 82.8 cm³/mol. The number of hydrogen-bond donors (Lipinski definition) is 2. The molecule has 1 saturated heterocycles. The lowest BCUT2D eigenvalue weighted by atomic mass is 10.1. The molecule has 1 atom stereocenters. The molecule has 21 heavy (non-hydrogen) atoms. The molecule has 4 heteroatoms. The summed E-state index contributed by atoms with van der Waals surface area (Å²) >= 11 is 0. The van der Waals surface area contributed by atoms with Gasteiger partial charge < -0.3 is 15.3 Å². The van der Waals surface area contributed by atoms with Crippen molar-refractivity contribution in [1.29, 1.82) is 0 Å². The number of carbonyl (C=O) groups excluding carboxylic acids is 1. The molecule has 2 rings (SSSR count). The molecule has 1 aromatic rings. The Bertz CT molecular complexity index is 522. The van der Waals surface area contributed by atoms with Crippen LogP contribution < -0.4 is 5.32 Å². The molecule has 2 amide bonds. The number of hydrogen-bond acceptors (Lipinski definition) is 2. The summed E-state index contributed by atoms with van der Waals surface area (Å²) in [4.78, 5) is 14.0. The van der Waals surface area contributed by atoms with Gasteiger partial charge in [-0.05, 0) is 43.9 Å². The Morgan fingerprint density at radius 1 is 1.29 bits per heavy atom. The Balaban J connectivity index is 1.93. The topological polar surface area (TPSA) is 52.6 Å². The molecule has 1 aliphatic heterocycles. The normalized spacial score (nSPS) is 15.8. The molecule has 112 valence electrons. The second kappa shape index (κ2) is 7.70. The van der Waals surface area contributed by atoms with Crippen molar-refractivity contribution in [2.24, 2.45) is 0 Å². The van der Waals surface area contributed by atoms with E-state index in [0.717, 1.165) is 37.1 Å². The molecule has 0 aliphatic carbocycles. The van der Waals surface area contributed by atoms with Crippen molar-refractivity contribution < 1.29 is 9.90 Å². The monoisotopic (exact) mass is 286 g/mol. The minimum Gasteiger partial charge on any atom is -0.384 e. The molecule has 1 fully saturated rings. The molecule has 1 aliphatic rings. The first-order valence-electron chi connectivity index (χ1n) is 7.46. The van der Waals surface area contributed by atoms with Crippen LogP contribution in [0.2, 0.25) is 0 Å². The molecule has 0 bridgehead atoms. The van der Waals surface area contributed by atoms with Crippen LogP contribution >= 0.6 is 0 Å². The third-order valence-electron chi connectivity index (χ3n) is 3.71. The van der Waals surface area contributed by atoms with Crippen molar-refractivity contribution in [3.63, 3.8) is 0 Å². The zero-order chi connectivity index (χ0) is 15.1. The van der Waals surface area contributed by atoms with Gasteiger partial charge in [0.05, 0.1) is 6.04 Å². The number of likely N-dealkylation sites (tertiary alicyclic amines) is 1. The first kappa shape index (κ1) is 15.4. The Morgan fingerprint density at radius 2 is 1.95 bits per heavy atom. The van der Waals surface area contributed by atoms with Gasteiger partial charge in [-0.25, -0.2) is 4.79 Å². The molecule has 0 radical (unpaired) electrons. The third-order valence-corrected chi connectivity index (χ3v) is 3.71. The molecule has 0 saturated carbocycles. The van der Waals surface area contributed by atoms with Crippen LogP contribution in [-0.2, 0) is 0 Å². The molecule has 0 spiro atoms. The van der Waals surface area contributed by atoms with E-state index in [0.29, 0.717) is 0 Å². The highest BCUT2D eigenvalue weighted by Gasteiger charge is 2.18. The van der Waals surface area contributed by atoms with Gasteiger partial charge in [-0.3, -0.25) is 0 Å². The average Bonchev–Trinajstić information content (AvgIpc) is 2.54. The van der Waals surface area contributed by atoms with Crippen molar-refractivity contribution in [3.05, 3.63) is 35.4 Å². The van der Waals surface area contributed by atoms with E-state index in [1.807, 2.05) is 36.1 Å². The Labute approximate surface area is 126 Å². The van der Waals surface area contributed by atoms with Gasteiger partial charge in [0.1, 0.15) is 6.61 Å². The predicted octanol–water partition coefficient (Wildman–Crippen LogP) is 2.29. The van der Waals surface area contributed by atoms with Gasteiger partial charge in [0.25, 0.3) is 0 Å². The van der Waals surface area contributed by atoms with Gasteiger partial charge in [0.15, 0.2) is 0 Å². The molecule has 2 N–H and O–H groups in total. The van der Waals surface area contributed by atoms with Crippen LogP contribution in [0.3, 0.4) is 0 Å². The molecule has 1 aromatic carbocycles. The summed E-state index contributed by atoms with van der Waals surface area (Å²) in [6.07, 6.45) is 3.41. The SMILES string of the molecule is CC(NC(=O)N1CCCCC1)c1ccc(C#CCO)cc1. The van der Waals surface area contributed by atoms with E-state index in [9.17, 15) is 4.79 Å². The summed E-state index contributed by atoms with van der Waals surface area (Å²) in [5.74, 6) is 5.47. The molecular weight excluding hydrogens is 264 g/mol. The highest BCUT2D eigenvalue weighted by molar-refractivity contribution is 5.74. The van der Waals surface area contributed by atoms with Crippen LogP contribution in [0.1, 0.15) is 43.4 Å². The minimum atomic E-state index is -0.135. The summed E-state index contributed by atoms with van der Waals surface area (Å²) in [5, 5.41) is 11.7. The number of amides is 2. The summed E-state index contributed by atoms with van der Waals surface area (Å²) in [5.41, 5.74) is 1.91. The van der Waals surface area contributed by atoms with Crippen LogP contribution in [0, 0.1) is 11.8 Å². The van der Waals surface area contributed by atoms with Crippen LogP contribution in [0.25, 0.3) is 0 Å². The van der Waals surface area contributed by atoms with Gasteiger partial charge in [0.2, 0.25) is 0 Å². The lowest BCUT2D eigenvalue weighted by Gasteiger charge is -2.28. The lowest BCUT2D eigenvalue weighted by molar-refractivity contribution is 0.183. The Morgan fingerprint density at radius 3 is 2.57 bits per heavy atom. The summed E-state index contributed by atoms with van der Waals surface area (Å²) in [6.45, 7) is 3.56. The summed E-state index contributed by atoms with van der Waals surface area (Å²) < 4.78 is 0. The third kappa shape index (κ3) is 4.51. The zero-order valence-electron chi connectivity index (χ0n) is 12.4. The standard InChI is InChI=1S/C17H22N2O2/c1-14(18-17(21)19-11-3-2-4-12-19)16-9-7-15(8-10-16)6-5-13-20/h7-10,14,20H,2-4,11-13H2,1H3,(H,18,21). The number of urea groups is 1. The fraction of sp³-hybridized carbons (Fsp3) is 0.471. The van der Waals surface area contributed by atoms with E-state index in [4.69, 9.17) is 5.11 Å². The lowest BCUT2D eigenvalue weighted by Crippen LogP contribution is -2.43. The average molecular weight is 286 g/mol. The van der Waals surface area contributed by atoms with Gasteiger partial charge in [-0.15, -0.1) is 0 Å². The van der Waals surface area contributed by atoms with Gasteiger partial charge >= 0.3 is 6.03 Å². The van der Waals surface area contributed by atoms with E-state index >= 15 is 0 Å². The van der Waals surface area contributed by atoms with E-state index in [1.54, 1.807) is 0 Å². The molecule has 1 unspecified atom stereocenters. The van der Waals surface area contributed by atoms with Crippen LogP contribution in [-0.4, -0.2) is 35.7 Å². The number of aliphatic hydroxyl groups is 1.